The quantitative estimate of drug-likeness (QED) is 0.633. The first-order valence-corrected chi connectivity index (χ1v) is 7.42. The van der Waals surface area contributed by atoms with Gasteiger partial charge in [0.2, 0.25) is 5.95 Å². The van der Waals surface area contributed by atoms with Crippen molar-refractivity contribution in [3.63, 3.8) is 0 Å². The van der Waals surface area contributed by atoms with E-state index in [1.807, 2.05) is 18.5 Å². The summed E-state index contributed by atoms with van der Waals surface area (Å²) in [5, 5.41) is 3.42. The summed E-state index contributed by atoms with van der Waals surface area (Å²) in [6.45, 7) is 0. The van der Waals surface area contributed by atoms with Gasteiger partial charge in [-0.2, -0.15) is 0 Å². The number of nitrogen functional groups attached to an aromatic ring is 1. The molecule has 0 saturated heterocycles. The van der Waals surface area contributed by atoms with Crippen LogP contribution in [-0.4, -0.2) is 9.97 Å². The van der Waals surface area contributed by atoms with Crippen molar-refractivity contribution < 1.29 is 0 Å². The molecule has 0 saturated carbocycles. The average molecular weight is 366 g/mol. The van der Waals surface area contributed by atoms with Crippen LogP contribution >= 0.6 is 22.6 Å². The zero-order valence-corrected chi connectivity index (χ0v) is 12.6. The van der Waals surface area contributed by atoms with Gasteiger partial charge < -0.3 is 11.1 Å². The predicted octanol–water partition coefficient (Wildman–Crippen LogP) is 3.15. The molecule has 0 aliphatic heterocycles. The molecule has 1 aromatic carbocycles. The topological polar surface area (TPSA) is 63.8 Å². The van der Waals surface area contributed by atoms with Crippen molar-refractivity contribution in [2.45, 2.75) is 25.3 Å². The SMILES string of the molecule is Nc1ccc2c(c1)CCCC2Nc1ncc(I)cn1. The van der Waals surface area contributed by atoms with Gasteiger partial charge in [-0.05, 0) is 65.1 Å². The van der Waals surface area contributed by atoms with E-state index >= 15 is 0 Å². The Morgan fingerprint density at radius 3 is 2.84 bits per heavy atom. The molecule has 2 aromatic rings. The summed E-state index contributed by atoms with van der Waals surface area (Å²) in [5.74, 6) is 0.690. The zero-order valence-electron chi connectivity index (χ0n) is 10.4. The van der Waals surface area contributed by atoms with E-state index in [0.29, 0.717) is 5.95 Å². The number of nitrogens with two attached hydrogens (primary N) is 1. The summed E-state index contributed by atoms with van der Waals surface area (Å²) in [6.07, 6.45) is 7.02. The van der Waals surface area contributed by atoms with Crippen LogP contribution in [0.2, 0.25) is 0 Å². The lowest BCUT2D eigenvalue weighted by Gasteiger charge is -2.26. The number of nitrogens with one attached hydrogen (secondary N) is 1. The second kappa shape index (κ2) is 5.32. The van der Waals surface area contributed by atoms with Gasteiger partial charge >= 0.3 is 0 Å². The lowest BCUT2D eigenvalue weighted by molar-refractivity contribution is 0.596. The van der Waals surface area contributed by atoms with Crippen molar-refractivity contribution in [3.05, 3.63) is 45.3 Å². The highest BCUT2D eigenvalue weighted by Gasteiger charge is 2.20. The maximum Gasteiger partial charge on any atom is 0.223 e. The number of aromatic nitrogens is 2. The Hall–Kier alpha value is -1.37. The minimum absolute atomic E-state index is 0.282. The normalized spacial score (nSPS) is 17.8. The van der Waals surface area contributed by atoms with E-state index in [1.54, 1.807) is 0 Å². The van der Waals surface area contributed by atoms with Crippen LogP contribution in [0.4, 0.5) is 11.6 Å². The largest absolute Gasteiger partial charge is 0.399 e. The van der Waals surface area contributed by atoms with Crippen molar-refractivity contribution >= 4 is 34.2 Å². The Kier molecular flexibility index (Phi) is 3.54. The van der Waals surface area contributed by atoms with E-state index < -0.39 is 0 Å². The summed E-state index contributed by atoms with van der Waals surface area (Å²) in [6, 6.07) is 6.45. The van der Waals surface area contributed by atoms with Gasteiger partial charge in [0.05, 0.1) is 6.04 Å². The molecule has 3 N–H and O–H groups in total. The molecule has 0 bridgehead atoms. The van der Waals surface area contributed by atoms with E-state index in [2.05, 4.69) is 50.0 Å². The molecule has 0 radical (unpaired) electrons. The van der Waals surface area contributed by atoms with Gasteiger partial charge in [-0.15, -0.1) is 0 Å². The monoisotopic (exact) mass is 366 g/mol. The van der Waals surface area contributed by atoms with E-state index in [9.17, 15) is 0 Å². The van der Waals surface area contributed by atoms with E-state index in [4.69, 9.17) is 5.73 Å². The highest BCUT2D eigenvalue weighted by Crippen LogP contribution is 2.32. The minimum Gasteiger partial charge on any atom is -0.399 e. The lowest BCUT2D eigenvalue weighted by Crippen LogP contribution is -2.18. The molecule has 98 valence electrons. The van der Waals surface area contributed by atoms with Crippen LogP contribution < -0.4 is 11.1 Å². The second-order valence-corrected chi connectivity index (χ2v) is 6.02. The van der Waals surface area contributed by atoms with Crippen molar-refractivity contribution in [2.24, 2.45) is 0 Å². The molecule has 1 unspecified atom stereocenters. The van der Waals surface area contributed by atoms with Crippen LogP contribution in [0.15, 0.2) is 30.6 Å². The van der Waals surface area contributed by atoms with Gasteiger partial charge in [0, 0.05) is 21.7 Å². The number of aryl methyl sites for hydroxylation is 1. The minimum atomic E-state index is 0.282. The number of rotatable bonds is 2. The number of hydrogen-bond acceptors (Lipinski definition) is 4. The number of fused-ring (bicyclic) bond motifs is 1. The summed E-state index contributed by atoms with van der Waals surface area (Å²) >= 11 is 2.20. The van der Waals surface area contributed by atoms with Crippen molar-refractivity contribution in [2.75, 3.05) is 11.1 Å². The van der Waals surface area contributed by atoms with Crippen LogP contribution in [0.3, 0.4) is 0 Å². The molecule has 4 nitrogen and oxygen atoms in total. The standard InChI is InChI=1S/C14H15IN4/c15-10-7-17-14(18-8-10)19-13-3-1-2-9-6-11(16)4-5-12(9)13/h4-8,13H,1-3,16H2,(H,17,18,19). The average Bonchev–Trinajstić information content (AvgIpc) is 2.41. The maximum absolute atomic E-state index is 5.85. The van der Waals surface area contributed by atoms with Gasteiger partial charge in [-0.1, -0.05) is 6.07 Å². The van der Waals surface area contributed by atoms with Crippen LogP contribution in [0.25, 0.3) is 0 Å². The third-order valence-corrected chi connectivity index (χ3v) is 3.96. The molecule has 19 heavy (non-hydrogen) atoms. The molecule has 5 heteroatoms. The number of hydrogen-bond donors (Lipinski definition) is 2. The summed E-state index contributed by atoms with van der Waals surface area (Å²) in [4.78, 5) is 8.62. The zero-order chi connectivity index (χ0) is 13.2. The van der Waals surface area contributed by atoms with Crippen LogP contribution in [0.5, 0.6) is 0 Å². The molecule has 1 heterocycles. The number of anilines is 2. The van der Waals surface area contributed by atoms with E-state index in [1.165, 1.54) is 17.5 Å². The van der Waals surface area contributed by atoms with E-state index in [0.717, 1.165) is 22.1 Å². The molecule has 1 aromatic heterocycles. The molecular weight excluding hydrogens is 351 g/mol. The molecule has 1 aliphatic carbocycles. The van der Waals surface area contributed by atoms with Gasteiger partial charge in [-0.3, -0.25) is 0 Å². The molecule has 0 spiro atoms. The van der Waals surface area contributed by atoms with Gasteiger partial charge in [-0.25, -0.2) is 9.97 Å². The molecule has 0 fully saturated rings. The molecule has 0 amide bonds. The third-order valence-electron chi connectivity index (χ3n) is 3.41. The highest BCUT2D eigenvalue weighted by atomic mass is 127. The van der Waals surface area contributed by atoms with Gasteiger partial charge in [0.1, 0.15) is 0 Å². The van der Waals surface area contributed by atoms with Crippen molar-refractivity contribution in [3.8, 4) is 0 Å². The molecular formula is C14H15IN4. The Morgan fingerprint density at radius 1 is 1.26 bits per heavy atom. The first-order chi connectivity index (χ1) is 9.22. The highest BCUT2D eigenvalue weighted by molar-refractivity contribution is 14.1. The fourth-order valence-electron chi connectivity index (χ4n) is 2.53. The maximum atomic E-state index is 5.85. The van der Waals surface area contributed by atoms with Crippen molar-refractivity contribution in [1.82, 2.24) is 9.97 Å². The number of halogens is 1. The number of benzene rings is 1. The fourth-order valence-corrected chi connectivity index (χ4v) is 2.81. The first kappa shape index (κ1) is 12.7. The second-order valence-electron chi connectivity index (χ2n) is 4.77. The van der Waals surface area contributed by atoms with Crippen LogP contribution in [0.1, 0.15) is 30.0 Å². The predicted molar refractivity (Wildman–Crippen MR) is 84.9 cm³/mol. The molecule has 1 aliphatic rings. The third kappa shape index (κ3) is 2.80. The number of nitrogens with zero attached hydrogens (tertiary/aromatic N) is 2. The summed E-state index contributed by atoms with van der Waals surface area (Å²) < 4.78 is 1.04. The van der Waals surface area contributed by atoms with Crippen LogP contribution in [-0.2, 0) is 6.42 Å². The van der Waals surface area contributed by atoms with Gasteiger partial charge in [0.15, 0.2) is 0 Å². The molecule has 3 rings (SSSR count). The Labute approximate surface area is 126 Å². The Balaban J connectivity index is 1.85. The summed E-state index contributed by atoms with van der Waals surface area (Å²) in [5.41, 5.74) is 9.35. The van der Waals surface area contributed by atoms with E-state index in [-0.39, 0.29) is 6.04 Å². The Morgan fingerprint density at radius 2 is 2.05 bits per heavy atom. The smallest absolute Gasteiger partial charge is 0.223 e. The van der Waals surface area contributed by atoms with Gasteiger partial charge in [0.25, 0.3) is 0 Å². The van der Waals surface area contributed by atoms with Crippen molar-refractivity contribution in [1.29, 1.82) is 0 Å². The molecule has 1 atom stereocenters. The lowest BCUT2D eigenvalue weighted by atomic mass is 9.87. The fraction of sp³-hybridized carbons (Fsp3) is 0.286. The Bertz CT molecular complexity index is 582. The van der Waals surface area contributed by atoms with Crippen LogP contribution in [0, 0.1) is 3.57 Å². The summed E-state index contributed by atoms with van der Waals surface area (Å²) in [7, 11) is 0. The first-order valence-electron chi connectivity index (χ1n) is 6.35.